The molecule has 0 atom stereocenters. The maximum atomic E-state index is 11.6. The van der Waals surface area contributed by atoms with Gasteiger partial charge in [-0.25, -0.2) is 4.79 Å². The minimum atomic E-state index is -0.700. The molecule has 0 saturated carbocycles. The highest BCUT2D eigenvalue weighted by Crippen LogP contribution is 2.25. The van der Waals surface area contributed by atoms with Gasteiger partial charge in [-0.05, 0) is 29.3 Å². The number of benzene rings is 2. The summed E-state index contributed by atoms with van der Waals surface area (Å²) < 4.78 is 4.62. The van der Waals surface area contributed by atoms with Crippen LogP contribution in [0.25, 0.3) is 16.7 Å². The van der Waals surface area contributed by atoms with Crippen LogP contribution in [-0.2, 0) is 9.53 Å². The molecule has 2 aromatic carbocycles. The zero-order valence-electron chi connectivity index (χ0n) is 10.7. The summed E-state index contributed by atoms with van der Waals surface area (Å²) in [7, 11) is 1.23. The average molecular weight is 287 g/mol. The minimum absolute atomic E-state index is 0.141. The highest BCUT2D eigenvalue weighted by molar-refractivity contribution is 6.42. The highest BCUT2D eigenvalue weighted by Gasteiger charge is 2.26. The molecule has 0 N–H and O–H groups in total. The van der Waals surface area contributed by atoms with Crippen LogP contribution in [-0.4, -0.2) is 23.6 Å². The SMILES string of the molecule is COC(=O)C(=[N+]=[N-])c1ccccc1-c1ccc(Cl)cc1. The smallest absolute Gasteiger partial charge is 0.422 e. The third-order valence-corrected chi connectivity index (χ3v) is 3.07. The van der Waals surface area contributed by atoms with Crippen LogP contribution in [0.1, 0.15) is 5.56 Å². The molecule has 0 aliphatic carbocycles. The first-order chi connectivity index (χ1) is 9.67. The Morgan fingerprint density at radius 1 is 1.15 bits per heavy atom. The van der Waals surface area contributed by atoms with Crippen molar-refractivity contribution in [1.29, 1.82) is 0 Å². The summed E-state index contributed by atoms with van der Waals surface area (Å²) >= 11 is 5.86. The Balaban J connectivity index is 2.59. The number of rotatable bonds is 3. The fraction of sp³-hybridized carbons (Fsp3) is 0.0667. The summed E-state index contributed by atoms with van der Waals surface area (Å²) in [6, 6.07) is 14.3. The number of carbonyl (C=O) groups is 1. The van der Waals surface area contributed by atoms with Crippen LogP contribution in [0.3, 0.4) is 0 Å². The van der Waals surface area contributed by atoms with Crippen molar-refractivity contribution in [2.45, 2.75) is 0 Å². The summed E-state index contributed by atoms with van der Waals surface area (Å²) in [5, 5.41) is 0.621. The third kappa shape index (κ3) is 2.77. The molecule has 2 aromatic rings. The summed E-state index contributed by atoms with van der Waals surface area (Å²) in [5.74, 6) is -0.700. The fourth-order valence-electron chi connectivity index (χ4n) is 1.87. The van der Waals surface area contributed by atoms with Gasteiger partial charge in [-0.3, -0.25) is 0 Å². The first kappa shape index (κ1) is 14.0. The van der Waals surface area contributed by atoms with Crippen molar-refractivity contribution in [1.82, 2.24) is 0 Å². The monoisotopic (exact) mass is 286 g/mol. The Bertz CT molecular complexity index is 689. The van der Waals surface area contributed by atoms with Crippen LogP contribution in [0.2, 0.25) is 5.02 Å². The van der Waals surface area contributed by atoms with E-state index in [1.807, 2.05) is 24.3 Å². The van der Waals surface area contributed by atoms with Gasteiger partial charge < -0.3 is 10.3 Å². The van der Waals surface area contributed by atoms with Crippen LogP contribution in [0, 0.1) is 0 Å². The summed E-state index contributed by atoms with van der Waals surface area (Å²) in [4.78, 5) is 14.7. The summed E-state index contributed by atoms with van der Waals surface area (Å²) in [6.45, 7) is 0. The van der Waals surface area contributed by atoms with E-state index in [-0.39, 0.29) is 5.71 Å². The Labute approximate surface area is 121 Å². The second-order valence-corrected chi connectivity index (χ2v) is 4.43. The molecule has 0 saturated heterocycles. The van der Waals surface area contributed by atoms with Gasteiger partial charge in [0.2, 0.25) is 0 Å². The maximum Gasteiger partial charge on any atom is 0.422 e. The van der Waals surface area contributed by atoms with Gasteiger partial charge in [-0.1, -0.05) is 41.9 Å². The van der Waals surface area contributed by atoms with E-state index in [2.05, 4.69) is 9.53 Å². The van der Waals surface area contributed by atoms with E-state index in [0.29, 0.717) is 10.6 Å². The van der Waals surface area contributed by atoms with E-state index >= 15 is 0 Å². The van der Waals surface area contributed by atoms with Gasteiger partial charge >= 0.3 is 11.7 Å². The predicted octanol–water partition coefficient (Wildman–Crippen LogP) is 3.20. The molecule has 0 aromatic heterocycles. The van der Waals surface area contributed by atoms with Crippen molar-refractivity contribution in [2.75, 3.05) is 7.11 Å². The molecule has 0 amide bonds. The van der Waals surface area contributed by atoms with Crippen LogP contribution >= 0.6 is 11.6 Å². The summed E-state index contributed by atoms with van der Waals surface area (Å²) in [5.41, 5.74) is 11.0. The number of ether oxygens (including phenoxy) is 1. The Hall–Kier alpha value is -2.42. The largest absolute Gasteiger partial charge is 0.460 e. The minimum Gasteiger partial charge on any atom is -0.460 e. The third-order valence-electron chi connectivity index (χ3n) is 2.82. The second kappa shape index (κ2) is 6.15. The van der Waals surface area contributed by atoms with E-state index in [1.165, 1.54) is 7.11 Å². The van der Waals surface area contributed by atoms with Crippen molar-refractivity contribution in [3.63, 3.8) is 0 Å². The lowest BCUT2D eigenvalue weighted by Crippen LogP contribution is -2.19. The topological polar surface area (TPSA) is 62.7 Å². The molecule has 0 bridgehead atoms. The van der Waals surface area contributed by atoms with Crippen LogP contribution < -0.4 is 0 Å². The van der Waals surface area contributed by atoms with Gasteiger partial charge in [0.15, 0.2) is 0 Å². The standard InChI is InChI=1S/C15H11ClN2O2/c1-20-15(19)14(18-17)13-5-3-2-4-12(13)10-6-8-11(16)9-7-10/h2-9H,1H3. The average Bonchev–Trinajstić information content (AvgIpc) is 2.49. The first-order valence-electron chi connectivity index (χ1n) is 5.83. The van der Waals surface area contributed by atoms with E-state index in [0.717, 1.165) is 11.1 Å². The number of hydrogen-bond acceptors (Lipinski definition) is 2. The molecule has 2 rings (SSSR count). The quantitative estimate of drug-likeness (QED) is 0.376. The molecular weight excluding hydrogens is 276 g/mol. The molecule has 20 heavy (non-hydrogen) atoms. The highest BCUT2D eigenvalue weighted by atomic mass is 35.5. The van der Waals surface area contributed by atoms with E-state index in [9.17, 15) is 4.79 Å². The lowest BCUT2D eigenvalue weighted by molar-refractivity contribution is -0.137. The van der Waals surface area contributed by atoms with Crippen molar-refractivity contribution >= 4 is 23.3 Å². The van der Waals surface area contributed by atoms with Gasteiger partial charge in [0, 0.05) is 5.02 Å². The maximum absolute atomic E-state index is 11.6. The van der Waals surface area contributed by atoms with Gasteiger partial charge in [0.25, 0.3) is 0 Å². The van der Waals surface area contributed by atoms with Crippen LogP contribution in [0.5, 0.6) is 0 Å². The molecule has 0 aliphatic rings. The van der Waals surface area contributed by atoms with Crippen LogP contribution in [0.4, 0.5) is 0 Å². The number of methoxy groups -OCH3 is 1. The van der Waals surface area contributed by atoms with Crippen molar-refractivity contribution in [3.8, 4) is 11.1 Å². The summed E-state index contributed by atoms with van der Waals surface area (Å²) in [6.07, 6.45) is 0. The Morgan fingerprint density at radius 2 is 1.80 bits per heavy atom. The Kier molecular flexibility index (Phi) is 4.31. The van der Waals surface area contributed by atoms with Crippen molar-refractivity contribution < 1.29 is 14.3 Å². The number of esters is 1. The molecular formula is C15H11ClN2O2. The molecule has 0 fully saturated rings. The number of halogens is 1. The zero-order valence-corrected chi connectivity index (χ0v) is 11.5. The zero-order chi connectivity index (χ0) is 14.5. The number of carbonyl (C=O) groups excluding carboxylic acids is 1. The normalized spacial score (nSPS) is 9.70. The number of hydrogen-bond donors (Lipinski definition) is 0. The van der Waals surface area contributed by atoms with E-state index in [1.54, 1.807) is 24.3 Å². The van der Waals surface area contributed by atoms with Crippen molar-refractivity contribution in [3.05, 3.63) is 64.6 Å². The number of nitrogens with zero attached hydrogens (tertiary/aromatic N) is 2. The molecule has 100 valence electrons. The van der Waals surface area contributed by atoms with E-state index in [4.69, 9.17) is 17.1 Å². The van der Waals surface area contributed by atoms with Crippen molar-refractivity contribution in [2.24, 2.45) is 0 Å². The molecule has 0 aliphatic heterocycles. The molecule has 4 nitrogen and oxygen atoms in total. The molecule has 0 unspecified atom stereocenters. The second-order valence-electron chi connectivity index (χ2n) is 3.99. The Morgan fingerprint density at radius 3 is 2.40 bits per heavy atom. The van der Waals surface area contributed by atoms with Gasteiger partial charge in [0.05, 0.1) is 12.7 Å². The molecule has 0 heterocycles. The lowest BCUT2D eigenvalue weighted by atomic mass is 9.97. The van der Waals surface area contributed by atoms with E-state index < -0.39 is 5.97 Å². The fourth-order valence-corrected chi connectivity index (χ4v) is 2.00. The molecule has 0 spiro atoms. The predicted molar refractivity (Wildman–Crippen MR) is 76.6 cm³/mol. The van der Waals surface area contributed by atoms with Gasteiger partial charge in [-0.2, -0.15) is 4.79 Å². The molecule has 5 heteroatoms. The molecule has 0 radical (unpaired) electrons. The van der Waals surface area contributed by atoms with Crippen LogP contribution in [0.15, 0.2) is 48.5 Å². The van der Waals surface area contributed by atoms with Gasteiger partial charge in [-0.15, -0.1) is 0 Å². The first-order valence-corrected chi connectivity index (χ1v) is 6.21. The van der Waals surface area contributed by atoms with Gasteiger partial charge in [0.1, 0.15) is 0 Å². The lowest BCUT2D eigenvalue weighted by Gasteiger charge is -2.06.